The number of ketones is 2. The number of fused-ring (bicyclic) bond motifs is 1. The second kappa shape index (κ2) is 8.56. The fourth-order valence-corrected chi connectivity index (χ4v) is 5.08. The molecule has 1 aromatic heterocycles. The molecular weight excluding hydrogens is 438 g/mol. The van der Waals surface area contributed by atoms with E-state index in [4.69, 9.17) is 9.15 Å². The van der Waals surface area contributed by atoms with Gasteiger partial charge in [-0.05, 0) is 30.0 Å². The minimum Gasteiger partial charge on any atom is -0.505 e. The SMILES string of the molecule is CC1(C)CCc2occc2C1NC1C(=O)C(=O)C1Nc1cccc(C(=O)N2CCOCC2)c1O. The summed E-state index contributed by atoms with van der Waals surface area (Å²) < 4.78 is 10.9. The number of benzene rings is 1. The molecule has 3 N–H and O–H groups in total. The Balaban J connectivity index is 1.36. The number of amides is 1. The first-order valence-electron chi connectivity index (χ1n) is 11.6. The minimum atomic E-state index is -0.847. The molecule has 0 spiro atoms. The second-order valence-corrected chi connectivity index (χ2v) is 9.82. The number of phenols is 1. The number of morpholine rings is 1. The molecule has 2 aromatic rings. The van der Waals surface area contributed by atoms with Crippen LogP contribution in [-0.2, 0) is 20.7 Å². The van der Waals surface area contributed by atoms with Crippen molar-refractivity contribution < 1.29 is 28.6 Å². The Labute approximate surface area is 197 Å². The molecule has 5 rings (SSSR count). The number of nitrogens with zero attached hydrogens (tertiary/aromatic N) is 1. The van der Waals surface area contributed by atoms with Crippen LogP contribution in [0.1, 0.15) is 48.0 Å². The number of phenolic OH excluding ortho intramolecular Hbond substituents is 1. The van der Waals surface area contributed by atoms with Gasteiger partial charge in [0.1, 0.15) is 17.8 Å². The summed E-state index contributed by atoms with van der Waals surface area (Å²) in [4.78, 5) is 39.6. The van der Waals surface area contributed by atoms with E-state index < -0.39 is 23.7 Å². The number of rotatable bonds is 5. The Morgan fingerprint density at radius 3 is 2.62 bits per heavy atom. The molecule has 9 heteroatoms. The van der Waals surface area contributed by atoms with Gasteiger partial charge < -0.3 is 24.5 Å². The number of aromatic hydroxyl groups is 1. The third-order valence-electron chi connectivity index (χ3n) is 7.23. The van der Waals surface area contributed by atoms with E-state index in [1.165, 1.54) is 0 Å². The summed E-state index contributed by atoms with van der Waals surface area (Å²) in [7, 11) is 0. The lowest BCUT2D eigenvalue weighted by molar-refractivity contribution is -0.146. The van der Waals surface area contributed by atoms with Gasteiger partial charge in [0.2, 0.25) is 11.6 Å². The van der Waals surface area contributed by atoms with Crippen LogP contribution >= 0.6 is 0 Å². The number of aryl methyl sites for hydroxylation is 1. The predicted molar refractivity (Wildman–Crippen MR) is 123 cm³/mol. The lowest BCUT2D eigenvalue weighted by atomic mass is 9.71. The van der Waals surface area contributed by atoms with Gasteiger partial charge >= 0.3 is 0 Å². The first kappa shape index (κ1) is 22.6. The van der Waals surface area contributed by atoms with Crippen LogP contribution in [-0.4, -0.2) is 65.9 Å². The number of Topliss-reactive ketones (excluding diaryl/α,β-unsaturated/α-hetero) is 2. The summed E-state index contributed by atoms with van der Waals surface area (Å²) in [5.41, 5.74) is 1.24. The number of ether oxygens (including phenoxy) is 1. The summed E-state index contributed by atoms with van der Waals surface area (Å²) in [6, 6.07) is 4.93. The van der Waals surface area contributed by atoms with Crippen molar-refractivity contribution >= 4 is 23.2 Å². The monoisotopic (exact) mass is 467 g/mol. The van der Waals surface area contributed by atoms with Crippen LogP contribution in [0.5, 0.6) is 5.75 Å². The number of anilines is 1. The fourth-order valence-electron chi connectivity index (χ4n) is 5.08. The minimum absolute atomic E-state index is 0.144. The molecule has 2 aliphatic carbocycles. The molecule has 1 saturated carbocycles. The van der Waals surface area contributed by atoms with E-state index in [1.807, 2.05) is 6.07 Å². The van der Waals surface area contributed by atoms with Crippen LogP contribution in [0, 0.1) is 5.41 Å². The van der Waals surface area contributed by atoms with Gasteiger partial charge in [-0.15, -0.1) is 0 Å². The van der Waals surface area contributed by atoms with E-state index in [0.29, 0.717) is 26.3 Å². The van der Waals surface area contributed by atoms with Crippen LogP contribution in [0.2, 0.25) is 0 Å². The molecule has 1 saturated heterocycles. The molecule has 3 unspecified atom stereocenters. The predicted octanol–water partition coefficient (Wildman–Crippen LogP) is 2.06. The number of carbonyl (C=O) groups excluding carboxylic acids is 3. The molecule has 2 fully saturated rings. The largest absolute Gasteiger partial charge is 0.505 e. The van der Waals surface area contributed by atoms with E-state index in [2.05, 4.69) is 24.5 Å². The first-order valence-corrected chi connectivity index (χ1v) is 11.6. The van der Waals surface area contributed by atoms with Crippen molar-refractivity contribution in [1.29, 1.82) is 0 Å². The summed E-state index contributed by atoms with van der Waals surface area (Å²) in [6.45, 7) is 6.05. The van der Waals surface area contributed by atoms with Crippen LogP contribution < -0.4 is 10.6 Å². The van der Waals surface area contributed by atoms with Gasteiger partial charge in [-0.1, -0.05) is 19.9 Å². The van der Waals surface area contributed by atoms with E-state index in [-0.39, 0.29) is 34.4 Å². The maximum atomic E-state index is 12.9. The van der Waals surface area contributed by atoms with E-state index in [1.54, 1.807) is 29.4 Å². The number of hydrogen-bond acceptors (Lipinski definition) is 8. The quantitative estimate of drug-likeness (QED) is 0.451. The molecule has 1 aromatic carbocycles. The Morgan fingerprint density at radius 1 is 1.12 bits per heavy atom. The van der Waals surface area contributed by atoms with Crippen molar-refractivity contribution in [2.24, 2.45) is 5.41 Å². The van der Waals surface area contributed by atoms with Crippen LogP contribution in [0.25, 0.3) is 0 Å². The average molecular weight is 468 g/mol. The average Bonchev–Trinajstić information content (AvgIpc) is 3.31. The third kappa shape index (κ3) is 3.78. The number of para-hydroxylation sites is 1. The maximum Gasteiger partial charge on any atom is 0.257 e. The topological polar surface area (TPSA) is 121 Å². The smallest absolute Gasteiger partial charge is 0.257 e. The fraction of sp³-hybridized carbons (Fsp3) is 0.480. The van der Waals surface area contributed by atoms with Gasteiger partial charge in [0.15, 0.2) is 5.75 Å². The molecule has 1 amide bonds. The zero-order valence-corrected chi connectivity index (χ0v) is 19.3. The summed E-state index contributed by atoms with van der Waals surface area (Å²) in [6.07, 6.45) is 3.36. The zero-order chi connectivity index (χ0) is 24.0. The summed E-state index contributed by atoms with van der Waals surface area (Å²) in [5.74, 6) is -0.690. The highest BCUT2D eigenvalue weighted by atomic mass is 16.5. The molecule has 180 valence electrons. The van der Waals surface area contributed by atoms with Crippen LogP contribution in [0.4, 0.5) is 5.69 Å². The van der Waals surface area contributed by atoms with Crippen molar-refractivity contribution in [2.45, 2.75) is 44.8 Å². The number of nitrogens with one attached hydrogen (secondary N) is 2. The standard InChI is InChI=1S/C25H29N3O6/c1-25(2)8-6-17-14(7-11-34-17)23(25)27-19-18(21(30)22(19)31)26-16-5-3-4-15(20(16)29)24(32)28-9-12-33-13-10-28/h3-5,7,11,18-19,23,26-27,29H,6,8-10,12-13H2,1-2H3. The summed E-state index contributed by atoms with van der Waals surface area (Å²) >= 11 is 0. The van der Waals surface area contributed by atoms with Crippen LogP contribution in [0.15, 0.2) is 34.9 Å². The normalized spacial score (nSPS) is 26.1. The Morgan fingerprint density at radius 2 is 1.85 bits per heavy atom. The molecule has 9 nitrogen and oxygen atoms in total. The van der Waals surface area contributed by atoms with Crippen molar-refractivity contribution in [3.8, 4) is 5.75 Å². The molecule has 3 atom stereocenters. The summed E-state index contributed by atoms with van der Waals surface area (Å²) in [5, 5.41) is 17.2. The van der Waals surface area contributed by atoms with E-state index >= 15 is 0 Å². The first-order chi connectivity index (χ1) is 16.3. The van der Waals surface area contributed by atoms with Gasteiger partial charge in [-0.25, -0.2) is 0 Å². The molecule has 1 aliphatic heterocycles. The van der Waals surface area contributed by atoms with E-state index in [9.17, 15) is 19.5 Å². The number of carbonyl (C=O) groups is 3. The molecule has 0 bridgehead atoms. The molecule has 0 radical (unpaired) electrons. The van der Waals surface area contributed by atoms with Crippen molar-refractivity contribution in [3.05, 3.63) is 47.4 Å². The lowest BCUT2D eigenvalue weighted by Gasteiger charge is -2.44. The third-order valence-corrected chi connectivity index (χ3v) is 7.23. The highest BCUT2D eigenvalue weighted by Crippen LogP contribution is 2.45. The molecule has 34 heavy (non-hydrogen) atoms. The molecule has 2 heterocycles. The van der Waals surface area contributed by atoms with Crippen molar-refractivity contribution in [3.63, 3.8) is 0 Å². The van der Waals surface area contributed by atoms with Gasteiger partial charge in [0.05, 0.1) is 30.7 Å². The molecular formula is C25H29N3O6. The molecule has 3 aliphatic rings. The zero-order valence-electron chi connectivity index (χ0n) is 19.3. The van der Waals surface area contributed by atoms with Gasteiger partial charge in [-0.2, -0.15) is 0 Å². The van der Waals surface area contributed by atoms with Gasteiger partial charge in [0.25, 0.3) is 5.91 Å². The van der Waals surface area contributed by atoms with Crippen molar-refractivity contribution in [1.82, 2.24) is 10.2 Å². The van der Waals surface area contributed by atoms with Gasteiger partial charge in [0, 0.05) is 31.1 Å². The lowest BCUT2D eigenvalue weighted by Crippen LogP contribution is -2.68. The van der Waals surface area contributed by atoms with Crippen molar-refractivity contribution in [2.75, 3.05) is 31.6 Å². The number of hydrogen-bond donors (Lipinski definition) is 3. The van der Waals surface area contributed by atoms with Gasteiger partial charge in [-0.3, -0.25) is 19.7 Å². The van der Waals surface area contributed by atoms with E-state index in [0.717, 1.165) is 24.2 Å². The number of furan rings is 1. The Kier molecular flexibility index (Phi) is 5.69. The maximum absolute atomic E-state index is 12.9. The second-order valence-electron chi connectivity index (χ2n) is 9.82. The highest BCUT2D eigenvalue weighted by molar-refractivity contribution is 6.49. The van der Waals surface area contributed by atoms with Crippen LogP contribution in [0.3, 0.4) is 0 Å². The Bertz CT molecular complexity index is 1130. The highest BCUT2D eigenvalue weighted by Gasteiger charge is 2.52. The Hall–Kier alpha value is -3.17.